The van der Waals surface area contributed by atoms with Gasteiger partial charge in [-0.3, -0.25) is 14.8 Å². The third-order valence-electron chi connectivity index (χ3n) is 6.54. The molecule has 0 bridgehead atoms. The highest BCUT2D eigenvalue weighted by molar-refractivity contribution is 14.0. The zero-order chi connectivity index (χ0) is 22.1. The second kappa shape index (κ2) is 14.2. The van der Waals surface area contributed by atoms with Gasteiger partial charge in [0.1, 0.15) is 5.75 Å². The minimum Gasteiger partial charge on any atom is -0.497 e. The van der Waals surface area contributed by atoms with Crippen molar-refractivity contribution in [2.45, 2.75) is 38.8 Å². The number of nitrogens with one attached hydrogen (secondary N) is 2. The number of methoxy groups -OCH3 is 1. The molecule has 0 saturated carbocycles. The van der Waals surface area contributed by atoms with Gasteiger partial charge in [-0.1, -0.05) is 12.1 Å². The lowest BCUT2D eigenvalue weighted by molar-refractivity contribution is 0.122. The summed E-state index contributed by atoms with van der Waals surface area (Å²) in [5.74, 6) is 1.83. The third-order valence-corrected chi connectivity index (χ3v) is 6.54. The summed E-state index contributed by atoms with van der Waals surface area (Å²) in [7, 11) is 3.94. The van der Waals surface area contributed by atoms with Gasteiger partial charge in [0.2, 0.25) is 0 Å². The molecule has 7 nitrogen and oxygen atoms in total. The largest absolute Gasteiger partial charge is 0.497 e. The fraction of sp³-hybridized carbons (Fsp3) is 0.708. The maximum atomic E-state index is 5.48. The highest BCUT2D eigenvalue weighted by atomic mass is 127. The van der Waals surface area contributed by atoms with Crippen LogP contribution < -0.4 is 15.4 Å². The Morgan fingerprint density at radius 2 is 1.78 bits per heavy atom. The lowest BCUT2D eigenvalue weighted by Crippen LogP contribution is -2.49. The van der Waals surface area contributed by atoms with Crippen molar-refractivity contribution in [1.82, 2.24) is 25.3 Å². The molecule has 2 unspecified atom stereocenters. The first-order valence-electron chi connectivity index (χ1n) is 11.9. The molecule has 0 aromatic heterocycles. The van der Waals surface area contributed by atoms with Crippen LogP contribution in [0.2, 0.25) is 0 Å². The molecule has 3 rings (SSSR count). The van der Waals surface area contributed by atoms with E-state index < -0.39 is 0 Å². The van der Waals surface area contributed by atoms with Crippen LogP contribution in [-0.4, -0.2) is 99.8 Å². The Bertz CT molecular complexity index is 689. The number of nitrogens with zero attached hydrogens (tertiary/aromatic N) is 4. The molecule has 2 heterocycles. The number of guanidine groups is 1. The molecule has 0 aliphatic carbocycles. The van der Waals surface area contributed by atoms with E-state index in [0.29, 0.717) is 12.1 Å². The second-order valence-electron chi connectivity index (χ2n) is 8.82. The zero-order valence-electron chi connectivity index (χ0n) is 20.3. The number of piperazine rings is 1. The molecule has 0 amide bonds. The number of benzene rings is 1. The number of rotatable bonds is 9. The van der Waals surface area contributed by atoms with E-state index in [9.17, 15) is 0 Å². The van der Waals surface area contributed by atoms with Crippen LogP contribution in [-0.2, 0) is 0 Å². The lowest BCUT2D eigenvalue weighted by atomic mass is 10.1. The third kappa shape index (κ3) is 8.04. The van der Waals surface area contributed by atoms with E-state index in [4.69, 9.17) is 9.73 Å². The number of halogens is 1. The van der Waals surface area contributed by atoms with Gasteiger partial charge < -0.3 is 20.3 Å². The highest BCUT2D eigenvalue weighted by Gasteiger charge is 2.24. The number of ether oxygens (including phenoxy) is 1. The van der Waals surface area contributed by atoms with Crippen LogP contribution >= 0.6 is 24.0 Å². The molecule has 0 radical (unpaired) electrons. The smallest absolute Gasteiger partial charge is 0.191 e. The predicted molar refractivity (Wildman–Crippen MR) is 144 cm³/mol. The fourth-order valence-electron chi connectivity index (χ4n) is 4.50. The molecule has 1 aromatic rings. The summed E-state index contributed by atoms with van der Waals surface area (Å²) < 4.78 is 5.48. The normalized spacial score (nSPS) is 20.4. The van der Waals surface area contributed by atoms with Crippen LogP contribution in [0, 0.1) is 0 Å². The molecule has 2 aliphatic rings. The lowest BCUT2D eigenvalue weighted by Gasteiger charge is -2.36. The topological polar surface area (TPSA) is 55.4 Å². The van der Waals surface area contributed by atoms with Crippen LogP contribution in [0.15, 0.2) is 29.3 Å². The SMILES string of the molecule is CCNC(=NCC(C)N1CCN(C)CC1)NCC(c1cccc(OC)c1)N1CCCC1.I. The van der Waals surface area contributed by atoms with Crippen molar-refractivity contribution in [2.75, 3.05) is 73.1 Å². The van der Waals surface area contributed by atoms with Crippen molar-refractivity contribution in [1.29, 1.82) is 0 Å². The van der Waals surface area contributed by atoms with Crippen LogP contribution in [0.1, 0.15) is 38.3 Å². The van der Waals surface area contributed by atoms with Gasteiger partial charge in [0.05, 0.1) is 19.7 Å². The summed E-state index contributed by atoms with van der Waals surface area (Å²) in [6.45, 7) is 13.8. The molecule has 1 aromatic carbocycles. The average molecular weight is 559 g/mol. The van der Waals surface area contributed by atoms with E-state index in [1.54, 1.807) is 7.11 Å². The van der Waals surface area contributed by atoms with E-state index in [-0.39, 0.29) is 24.0 Å². The summed E-state index contributed by atoms with van der Waals surface area (Å²) in [5, 5.41) is 7.07. The molecule has 2 N–H and O–H groups in total. The molecule has 8 heteroatoms. The number of hydrogen-bond acceptors (Lipinski definition) is 5. The Morgan fingerprint density at radius 3 is 2.44 bits per heavy atom. The van der Waals surface area contributed by atoms with Gasteiger partial charge in [-0.15, -0.1) is 24.0 Å². The van der Waals surface area contributed by atoms with Gasteiger partial charge in [0, 0.05) is 45.3 Å². The first-order chi connectivity index (χ1) is 15.1. The Balaban J connectivity index is 0.00000363. The molecule has 32 heavy (non-hydrogen) atoms. The summed E-state index contributed by atoms with van der Waals surface area (Å²) in [6.07, 6.45) is 2.55. The van der Waals surface area contributed by atoms with Crippen LogP contribution in [0.5, 0.6) is 5.75 Å². The molecule has 2 fully saturated rings. The Kier molecular flexibility index (Phi) is 12.1. The van der Waals surface area contributed by atoms with Gasteiger partial charge in [-0.05, 0) is 64.5 Å². The zero-order valence-corrected chi connectivity index (χ0v) is 22.7. The molecule has 2 saturated heterocycles. The Hall–Kier alpha value is -1.10. The predicted octanol–water partition coefficient (Wildman–Crippen LogP) is 2.64. The van der Waals surface area contributed by atoms with Gasteiger partial charge in [0.25, 0.3) is 0 Å². The van der Waals surface area contributed by atoms with Gasteiger partial charge >= 0.3 is 0 Å². The van der Waals surface area contributed by atoms with E-state index in [1.807, 2.05) is 6.07 Å². The summed E-state index contributed by atoms with van der Waals surface area (Å²) in [6, 6.07) is 9.27. The van der Waals surface area contributed by atoms with Crippen LogP contribution in [0.4, 0.5) is 0 Å². The molecular weight excluding hydrogens is 515 g/mol. The number of likely N-dealkylation sites (N-methyl/N-ethyl adjacent to an activating group) is 1. The second-order valence-corrected chi connectivity index (χ2v) is 8.82. The average Bonchev–Trinajstić information content (AvgIpc) is 3.32. The minimum atomic E-state index is 0. The minimum absolute atomic E-state index is 0. The number of aliphatic imine (C=N–C) groups is 1. The summed E-state index contributed by atoms with van der Waals surface area (Å²) >= 11 is 0. The molecular formula is C24H43IN6O. The maximum Gasteiger partial charge on any atom is 0.191 e. The fourth-order valence-corrected chi connectivity index (χ4v) is 4.50. The van der Waals surface area contributed by atoms with E-state index in [0.717, 1.165) is 70.6 Å². The van der Waals surface area contributed by atoms with Gasteiger partial charge in [0.15, 0.2) is 5.96 Å². The van der Waals surface area contributed by atoms with Crippen molar-refractivity contribution < 1.29 is 4.74 Å². The molecule has 0 spiro atoms. The van der Waals surface area contributed by atoms with Crippen LogP contribution in [0.25, 0.3) is 0 Å². The number of likely N-dealkylation sites (tertiary alicyclic amines) is 1. The monoisotopic (exact) mass is 558 g/mol. The summed E-state index contributed by atoms with van der Waals surface area (Å²) in [4.78, 5) is 12.5. The van der Waals surface area contributed by atoms with Crippen LogP contribution in [0.3, 0.4) is 0 Å². The van der Waals surface area contributed by atoms with E-state index in [1.165, 1.54) is 18.4 Å². The van der Waals surface area contributed by atoms with Crippen molar-refractivity contribution in [3.63, 3.8) is 0 Å². The molecule has 182 valence electrons. The van der Waals surface area contributed by atoms with E-state index in [2.05, 4.69) is 64.4 Å². The van der Waals surface area contributed by atoms with E-state index >= 15 is 0 Å². The quantitative estimate of drug-likeness (QED) is 0.276. The highest BCUT2D eigenvalue weighted by Crippen LogP contribution is 2.27. The van der Waals surface area contributed by atoms with Crippen molar-refractivity contribution in [2.24, 2.45) is 4.99 Å². The van der Waals surface area contributed by atoms with Crippen molar-refractivity contribution in [3.05, 3.63) is 29.8 Å². The maximum absolute atomic E-state index is 5.48. The molecule has 2 aliphatic heterocycles. The summed E-state index contributed by atoms with van der Waals surface area (Å²) in [5.41, 5.74) is 1.30. The van der Waals surface area contributed by atoms with Crippen molar-refractivity contribution in [3.8, 4) is 5.75 Å². The van der Waals surface area contributed by atoms with Crippen molar-refractivity contribution >= 4 is 29.9 Å². The first-order valence-corrected chi connectivity index (χ1v) is 11.9. The Labute approximate surface area is 212 Å². The number of hydrogen-bond donors (Lipinski definition) is 2. The Morgan fingerprint density at radius 1 is 1.06 bits per heavy atom. The molecule has 2 atom stereocenters. The standard InChI is InChI=1S/C24H42N6O.HI/c1-5-25-24(26-18-20(2)29-15-13-28(3)14-16-29)27-19-23(30-11-6-7-12-30)21-9-8-10-22(17-21)31-4;/h8-10,17,20,23H,5-7,11-16,18-19H2,1-4H3,(H2,25,26,27);1H. The first kappa shape index (κ1) is 27.1. The van der Waals surface area contributed by atoms with Gasteiger partial charge in [-0.2, -0.15) is 0 Å². The van der Waals surface area contributed by atoms with Gasteiger partial charge in [-0.25, -0.2) is 0 Å².